The molecule has 0 radical (unpaired) electrons. The van der Waals surface area contributed by atoms with Gasteiger partial charge in [0.2, 0.25) is 9.84 Å². The molecule has 0 aliphatic carbocycles. The van der Waals surface area contributed by atoms with Crippen LogP contribution in [0.5, 0.6) is 0 Å². The van der Waals surface area contributed by atoms with Crippen molar-refractivity contribution in [2.75, 3.05) is 11.5 Å². The van der Waals surface area contributed by atoms with Crippen LogP contribution in [0, 0.1) is 0 Å². The van der Waals surface area contributed by atoms with Crippen LogP contribution in [0.2, 0.25) is 0 Å². The summed E-state index contributed by atoms with van der Waals surface area (Å²) in [5, 5.41) is 1.33. The summed E-state index contributed by atoms with van der Waals surface area (Å²) >= 11 is 0. The standard InChI is InChI=1S/C16H14N2O2S/c17-14-9-11-5-4-8-16(13(11)10-15(14)18)21(19,20)12-6-2-1-3-7-12/h1-10H,17-18H2. The van der Waals surface area contributed by atoms with Crippen molar-refractivity contribution < 1.29 is 8.42 Å². The monoisotopic (exact) mass is 298 g/mol. The number of rotatable bonds is 2. The van der Waals surface area contributed by atoms with E-state index in [2.05, 4.69) is 0 Å². The maximum atomic E-state index is 12.8. The molecule has 0 aromatic heterocycles. The zero-order valence-electron chi connectivity index (χ0n) is 11.2. The Morgan fingerprint density at radius 3 is 2.14 bits per heavy atom. The fourth-order valence-corrected chi connectivity index (χ4v) is 3.79. The largest absolute Gasteiger partial charge is 0.397 e. The number of hydrogen-bond donors (Lipinski definition) is 2. The molecule has 4 nitrogen and oxygen atoms in total. The van der Waals surface area contributed by atoms with E-state index in [0.717, 1.165) is 5.39 Å². The first kappa shape index (κ1) is 13.5. The van der Waals surface area contributed by atoms with Crippen molar-refractivity contribution in [2.45, 2.75) is 9.79 Å². The molecule has 0 aliphatic rings. The zero-order chi connectivity index (χ0) is 15.0. The van der Waals surface area contributed by atoms with Crippen LogP contribution in [0.25, 0.3) is 10.8 Å². The molecule has 3 rings (SSSR count). The molecule has 4 N–H and O–H groups in total. The van der Waals surface area contributed by atoms with Crippen molar-refractivity contribution >= 4 is 32.0 Å². The van der Waals surface area contributed by atoms with Gasteiger partial charge in [0.15, 0.2) is 0 Å². The van der Waals surface area contributed by atoms with E-state index in [9.17, 15) is 8.42 Å². The lowest BCUT2D eigenvalue weighted by atomic mass is 10.1. The Kier molecular flexibility index (Phi) is 3.07. The summed E-state index contributed by atoms with van der Waals surface area (Å²) in [5.41, 5.74) is 12.4. The molecule has 0 fully saturated rings. The zero-order valence-corrected chi connectivity index (χ0v) is 12.0. The summed E-state index contributed by atoms with van der Waals surface area (Å²) in [7, 11) is -3.59. The first-order chi connectivity index (χ1) is 10.00. The Morgan fingerprint density at radius 2 is 1.43 bits per heavy atom. The Morgan fingerprint density at radius 1 is 0.762 bits per heavy atom. The number of fused-ring (bicyclic) bond motifs is 1. The van der Waals surface area contributed by atoms with Crippen molar-refractivity contribution in [1.29, 1.82) is 0 Å². The highest BCUT2D eigenvalue weighted by Crippen LogP contribution is 2.31. The number of sulfone groups is 1. The van der Waals surface area contributed by atoms with Crippen LogP contribution in [0.1, 0.15) is 0 Å². The van der Waals surface area contributed by atoms with Gasteiger partial charge in [-0.25, -0.2) is 8.42 Å². The SMILES string of the molecule is Nc1cc2cccc(S(=O)(=O)c3ccccc3)c2cc1N. The number of nitrogen functional groups attached to an aromatic ring is 2. The predicted molar refractivity (Wildman–Crippen MR) is 84.7 cm³/mol. The lowest BCUT2D eigenvalue weighted by molar-refractivity contribution is 0.597. The van der Waals surface area contributed by atoms with E-state index in [0.29, 0.717) is 16.8 Å². The quantitative estimate of drug-likeness (QED) is 0.712. The van der Waals surface area contributed by atoms with Crippen molar-refractivity contribution in [3.63, 3.8) is 0 Å². The smallest absolute Gasteiger partial charge is 0.207 e. The van der Waals surface area contributed by atoms with Crippen LogP contribution in [0.15, 0.2) is 70.5 Å². The topological polar surface area (TPSA) is 86.2 Å². The first-order valence-corrected chi connectivity index (χ1v) is 7.86. The van der Waals surface area contributed by atoms with E-state index < -0.39 is 9.84 Å². The molecule has 0 bridgehead atoms. The fraction of sp³-hybridized carbons (Fsp3) is 0. The molecule has 106 valence electrons. The predicted octanol–water partition coefficient (Wildman–Crippen LogP) is 2.84. The van der Waals surface area contributed by atoms with Crippen LogP contribution in [0.4, 0.5) is 11.4 Å². The Hall–Kier alpha value is -2.53. The molecule has 5 heteroatoms. The van der Waals surface area contributed by atoms with E-state index >= 15 is 0 Å². The second-order valence-electron chi connectivity index (χ2n) is 4.77. The Balaban J connectivity index is 2.33. The van der Waals surface area contributed by atoms with Crippen molar-refractivity contribution in [2.24, 2.45) is 0 Å². The number of hydrogen-bond acceptors (Lipinski definition) is 4. The highest BCUT2D eigenvalue weighted by Gasteiger charge is 2.20. The second-order valence-corrected chi connectivity index (χ2v) is 6.69. The van der Waals surface area contributed by atoms with Gasteiger partial charge >= 0.3 is 0 Å². The van der Waals surface area contributed by atoms with Gasteiger partial charge in [-0.2, -0.15) is 0 Å². The molecular weight excluding hydrogens is 284 g/mol. The van der Waals surface area contributed by atoms with E-state index in [1.165, 1.54) is 0 Å². The molecule has 0 unspecified atom stereocenters. The van der Waals surface area contributed by atoms with E-state index in [1.807, 2.05) is 6.07 Å². The Labute approximate surface area is 122 Å². The summed E-state index contributed by atoms with van der Waals surface area (Å²) in [6.45, 7) is 0. The van der Waals surface area contributed by atoms with Crippen LogP contribution in [-0.4, -0.2) is 8.42 Å². The van der Waals surface area contributed by atoms with Gasteiger partial charge in [0.05, 0.1) is 21.2 Å². The van der Waals surface area contributed by atoms with Gasteiger partial charge in [0.1, 0.15) is 0 Å². The highest BCUT2D eigenvalue weighted by atomic mass is 32.2. The third-order valence-electron chi connectivity index (χ3n) is 3.39. The summed E-state index contributed by atoms with van der Waals surface area (Å²) in [4.78, 5) is 0.491. The minimum absolute atomic E-state index is 0.234. The normalized spacial score (nSPS) is 11.6. The van der Waals surface area contributed by atoms with Crippen molar-refractivity contribution in [3.05, 3.63) is 60.7 Å². The third-order valence-corrected chi connectivity index (χ3v) is 5.21. The van der Waals surface area contributed by atoms with Crippen LogP contribution >= 0.6 is 0 Å². The average Bonchev–Trinajstić information content (AvgIpc) is 2.49. The van der Waals surface area contributed by atoms with E-state index in [-0.39, 0.29) is 9.79 Å². The summed E-state index contributed by atoms with van der Waals surface area (Å²) in [6.07, 6.45) is 0. The van der Waals surface area contributed by atoms with Crippen LogP contribution < -0.4 is 11.5 Å². The molecule has 21 heavy (non-hydrogen) atoms. The summed E-state index contributed by atoms with van der Waals surface area (Å²) in [6, 6.07) is 16.7. The minimum Gasteiger partial charge on any atom is -0.397 e. The van der Waals surface area contributed by atoms with Crippen LogP contribution in [-0.2, 0) is 9.84 Å². The van der Waals surface area contributed by atoms with E-state index in [4.69, 9.17) is 11.5 Å². The third kappa shape index (κ3) is 2.21. The lowest BCUT2D eigenvalue weighted by Gasteiger charge is -2.10. The molecule has 3 aromatic rings. The van der Waals surface area contributed by atoms with Gasteiger partial charge in [0, 0.05) is 5.39 Å². The van der Waals surface area contributed by atoms with Crippen molar-refractivity contribution in [1.82, 2.24) is 0 Å². The number of benzene rings is 3. The average molecular weight is 298 g/mol. The maximum absolute atomic E-state index is 12.8. The molecule has 0 amide bonds. The van der Waals surface area contributed by atoms with Gasteiger partial charge in [-0.05, 0) is 35.7 Å². The molecule has 0 aliphatic heterocycles. The van der Waals surface area contributed by atoms with Gasteiger partial charge < -0.3 is 11.5 Å². The van der Waals surface area contributed by atoms with Gasteiger partial charge in [-0.15, -0.1) is 0 Å². The lowest BCUT2D eigenvalue weighted by Crippen LogP contribution is -2.03. The number of nitrogens with two attached hydrogens (primary N) is 2. The Bertz CT molecular complexity index is 920. The molecule has 3 aromatic carbocycles. The molecule has 0 heterocycles. The summed E-state index contributed by atoms with van der Waals surface area (Å²) in [5.74, 6) is 0. The molecular formula is C16H14N2O2S. The van der Waals surface area contributed by atoms with Gasteiger partial charge in [-0.3, -0.25) is 0 Å². The fourth-order valence-electron chi connectivity index (χ4n) is 2.29. The number of anilines is 2. The van der Waals surface area contributed by atoms with E-state index in [1.54, 1.807) is 54.6 Å². The summed E-state index contributed by atoms with van der Waals surface area (Å²) < 4.78 is 25.5. The van der Waals surface area contributed by atoms with Crippen molar-refractivity contribution in [3.8, 4) is 0 Å². The van der Waals surface area contributed by atoms with Crippen LogP contribution in [0.3, 0.4) is 0 Å². The maximum Gasteiger partial charge on any atom is 0.207 e. The molecule has 0 saturated carbocycles. The van der Waals surface area contributed by atoms with Gasteiger partial charge in [0.25, 0.3) is 0 Å². The first-order valence-electron chi connectivity index (χ1n) is 6.38. The molecule has 0 atom stereocenters. The highest BCUT2D eigenvalue weighted by molar-refractivity contribution is 7.91. The molecule has 0 saturated heterocycles. The minimum atomic E-state index is -3.59. The second kappa shape index (κ2) is 4.79. The van der Waals surface area contributed by atoms with Gasteiger partial charge in [-0.1, -0.05) is 30.3 Å². The molecule has 0 spiro atoms.